The van der Waals surface area contributed by atoms with E-state index in [9.17, 15) is 9.18 Å². The lowest BCUT2D eigenvalue weighted by atomic mass is 10.2. The van der Waals surface area contributed by atoms with E-state index in [0.29, 0.717) is 34.8 Å². The average molecular weight is 398 g/mol. The van der Waals surface area contributed by atoms with Crippen LogP contribution in [0.3, 0.4) is 0 Å². The molecule has 0 atom stereocenters. The van der Waals surface area contributed by atoms with E-state index in [2.05, 4.69) is 19.8 Å². The molecule has 1 fully saturated rings. The SMILES string of the molecule is COc1cc2nc(CN3CCN(c4ccc(F)cc4)CC3)[nH]c(=O)c2cc1OC. The van der Waals surface area contributed by atoms with Crippen molar-refractivity contribution in [1.82, 2.24) is 14.9 Å². The van der Waals surface area contributed by atoms with Gasteiger partial charge in [-0.2, -0.15) is 0 Å². The first-order valence-electron chi connectivity index (χ1n) is 9.45. The Bertz CT molecular complexity index is 1060. The predicted molar refractivity (Wildman–Crippen MR) is 109 cm³/mol. The number of H-pyrrole nitrogens is 1. The summed E-state index contributed by atoms with van der Waals surface area (Å²) in [5.74, 6) is 1.42. The molecule has 0 spiro atoms. The van der Waals surface area contributed by atoms with Crippen molar-refractivity contribution in [3.05, 3.63) is 58.4 Å². The molecular formula is C21H23FN4O3. The molecule has 7 nitrogen and oxygen atoms in total. The number of anilines is 1. The van der Waals surface area contributed by atoms with E-state index in [1.807, 2.05) is 0 Å². The van der Waals surface area contributed by atoms with Crippen LogP contribution >= 0.6 is 0 Å². The summed E-state index contributed by atoms with van der Waals surface area (Å²) in [6.07, 6.45) is 0. The fraction of sp³-hybridized carbons (Fsp3) is 0.333. The number of fused-ring (bicyclic) bond motifs is 1. The first-order chi connectivity index (χ1) is 14.1. The molecule has 1 aliphatic rings. The molecule has 4 rings (SSSR count). The second kappa shape index (κ2) is 8.08. The average Bonchev–Trinajstić information content (AvgIpc) is 2.74. The maximum Gasteiger partial charge on any atom is 0.258 e. The van der Waals surface area contributed by atoms with Crippen LogP contribution in [0.15, 0.2) is 41.2 Å². The standard InChI is InChI=1S/C21H23FN4O3/c1-28-18-11-16-17(12-19(18)29-2)23-20(24-21(16)27)13-25-7-9-26(10-8-25)15-5-3-14(22)4-6-15/h3-6,11-12H,7-10,13H2,1-2H3,(H,23,24,27). The van der Waals surface area contributed by atoms with Crippen molar-refractivity contribution in [2.75, 3.05) is 45.3 Å². The minimum atomic E-state index is -0.229. The van der Waals surface area contributed by atoms with E-state index in [1.54, 1.807) is 31.4 Å². The Morgan fingerprint density at radius 2 is 1.69 bits per heavy atom. The predicted octanol–water partition coefficient (Wildman–Crippen LogP) is 2.40. The van der Waals surface area contributed by atoms with Crippen molar-refractivity contribution in [3.8, 4) is 11.5 Å². The van der Waals surface area contributed by atoms with Gasteiger partial charge in [0.25, 0.3) is 5.56 Å². The smallest absolute Gasteiger partial charge is 0.258 e. The topological polar surface area (TPSA) is 70.7 Å². The van der Waals surface area contributed by atoms with Crippen LogP contribution in [-0.4, -0.2) is 55.3 Å². The van der Waals surface area contributed by atoms with Crippen molar-refractivity contribution in [1.29, 1.82) is 0 Å². The molecule has 1 aliphatic heterocycles. The summed E-state index contributed by atoms with van der Waals surface area (Å²) in [5.41, 5.74) is 1.39. The van der Waals surface area contributed by atoms with Crippen molar-refractivity contribution < 1.29 is 13.9 Å². The number of hydrogen-bond donors (Lipinski definition) is 1. The van der Waals surface area contributed by atoms with Gasteiger partial charge in [0.05, 0.1) is 31.7 Å². The van der Waals surface area contributed by atoms with Crippen LogP contribution in [0.2, 0.25) is 0 Å². The number of methoxy groups -OCH3 is 2. The Morgan fingerprint density at radius 3 is 2.34 bits per heavy atom. The minimum Gasteiger partial charge on any atom is -0.493 e. The highest BCUT2D eigenvalue weighted by Crippen LogP contribution is 2.30. The Morgan fingerprint density at radius 1 is 1.03 bits per heavy atom. The van der Waals surface area contributed by atoms with Crippen LogP contribution in [0.4, 0.5) is 10.1 Å². The summed E-state index contributed by atoms with van der Waals surface area (Å²) in [5, 5.41) is 0.465. The van der Waals surface area contributed by atoms with Crippen LogP contribution in [-0.2, 0) is 6.54 Å². The van der Waals surface area contributed by atoms with Gasteiger partial charge in [0, 0.05) is 37.9 Å². The minimum absolute atomic E-state index is 0.198. The Labute approximate surface area is 167 Å². The molecule has 0 radical (unpaired) electrons. The maximum atomic E-state index is 13.1. The molecule has 0 amide bonds. The quantitative estimate of drug-likeness (QED) is 0.712. The van der Waals surface area contributed by atoms with Crippen molar-refractivity contribution in [3.63, 3.8) is 0 Å². The van der Waals surface area contributed by atoms with Crippen LogP contribution in [0.1, 0.15) is 5.82 Å². The number of aromatic nitrogens is 2. The summed E-state index contributed by atoms with van der Waals surface area (Å²) in [7, 11) is 3.09. The van der Waals surface area contributed by atoms with E-state index in [0.717, 1.165) is 31.9 Å². The van der Waals surface area contributed by atoms with Gasteiger partial charge >= 0.3 is 0 Å². The summed E-state index contributed by atoms with van der Waals surface area (Å²) >= 11 is 0. The zero-order chi connectivity index (χ0) is 20.4. The fourth-order valence-corrected chi connectivity index (χ4v) is 3.62. The molecule has 3 aromatic rings. The highest BCUT2D eigenvalue weighted by Gasteiger charge is 2.19. The Kier molecular flexibility index (Phi) is 5.35. The van der Waals surface area contributed by atoms with E-state index < -0.39 is 0 Å². The van der Waals surface area contributed by atoms with E-state index in [1.165, 1.54) is 19.2 Å². The van der Waals surface area contributed by atoms with Crippen molar-refractivity contribution in [2.45, 2.75) is 6.54 Å². The molecule has 8 heteroatoms. The van der Waals surface area contributed by atoms with Gasteiger partial charge in [0.15, 0.2) is 11.5 Å². The lowest BCUT2D eigenvalue weighted by Crippen LogP contribution is -2.46. The summed E-state index contributed by atoms with van der Waals surface area (Å²) < 4.78 is 23.7. The third-order valence-corrected chi connectivity index (χ3v) is 5.20. The van der Waals surface area contributed by atoms with Crippen molar-refractivity contribution in [2.24, 2.45) is 0 Å². The van der Waals surface area contributed by atoms with Gasteiger partial charge in [0.1, 0.15) is 11.6 Å². The zero-order valence-corrected chi connectivity index (χ0v) is 16.4. The van der Waals surface area contributed by atoms with Gasteiger partial charge in [0.2, 0.25) is 0 Å². The normalized spacial score (nSPS) is 14.9. The molecule has 0 saturated carbocycles. The monoisotopic (exact) mass is 398 g/mol. The van der Waals surface area contributed by atoms with Crippen LogP contribution in [0.5, 0.6) is 11.5 Å². The molecule has 1 saturated heterocycles. The first-order valence-corrected chi connectivity index (χ1v) is 9.45. The molecule has 2 aromatic carbocycles. The lowest BCUT2D eigenvalue weighted by Gasteiger charge is -2.35. The second-order valence-corrected chi connectivity index (χ2v) is 6.98. The van der Waals surface area contributed by atoms with Gasteiger partial charge in [-0.05, 0) is 30.3 Å². The number of rotatable bonds is 5. The van der Waals surface area contributed by atoms with Crippen LogP contribution in [0, 0.1) is 5.82 Å². The Balaban J connectivity index is 1.48. The third-order valence-electron chi connectivity index (χ3n) is 5.20. The number of benzene rings is 2. The summed E-state index contributed by atoms with van der Waals surface area (Å²) in [6, 6.07) is 9.93. The largest absolute Gasteiger partial charge is 0.493 e. The summed E-state index contributed by atoms with van der Waals surface area (Å²) in [4.78, 5) is 24.5. The van der Waals surface area contributed by atoms with Gasteiger partial charge in [-0.25, -0.2) is 9.37 Å². The highest BCUT2D eigenvalue weighted by atomic mass is 19.1. The maximum absolute atomic E-state index is 13.1. The molecule has 152 valence electrons. The van der Waals surface area contributed by atoms with E-state index in [4.69, 9.17) is 9.47 Å². The molecule has 29 heavy (non-hydrogen) atoms. The number of nitrogens with one attached hydrogen (secondary N) is 1. The fourth-order valence-electron chi connectivity index (χ4n) is 3.62. The molecular weight excluding hydrogens is 375 g/mol. The second-order valence-electron chi connectivity index (χ2n) is 6.98. The molecule has 0 aliphatic carbocycles. The highest BCUT2D eigenvalue weighted by molar-refractivity contribution is 5.81. The Hall–Kier alpha value is -3.13. The van der Waals surface area contributed by atoms with Gasteiger partial charge in [-0.1, -0.05) is 0 Å². The number of nitrogens with zero attached hydrogens (tertiary/aromatic N) is 3. The van der Waals surface area contributed by atoms with Gasteiger partial charge in [-0.3, -0.25) is 9.69 Å². The van der Waals surface area contributed by atoms with Crippen LogP contribution in [0.25, 0.3) is 10.9 Å². The molecule has 2 heterocycles. The van der Waals surface area contributed by atoms with Gasteiger partial charge < -0.3 is 19.4 Å². The number of halogens is 1. The number of piperazine rings is 1. The van der Waals surface area contributed by atoms with E-state index >= 15 is 0 Å². The zero-order valence-electron chi connectivity index (χ0n) is 16.4. The van der Waals surface area contributed by atoms with Gasteiger partial charge in [-0.15, -0.1) is 0 Å². The molecule has 1 N–H and O–H groups in total. The van der Waals surface area contributed by atoms with Crippen molar-refractivity contribution >= 4 is 16.6 Å². The molecule has 1 aromatic heterocycles. The first kappa shape index (κ1) is 19.2. The molecule has 0 unspecified atom stereocenters. The lowest BCUT2D eigenvalue weighted by molar-refractivity contribution is 0.244. The number of hydrogen-bond acceptors (Lipinski definition) is 6. The summed E-state index contributed by atoms with van der Waals surface area (Å²) in [6.45, 7) is 3.86. The van der Waals surface area contributed by atoms with Crippen LogP contribution < -0.4 is 19.9 Å². The number of aromatic amines is 1. The third kappa shape index (κ3) is 4.02. The number of ether oxygens (including phenoxy) is 2. The molecule has 0 bridgehead atoms. The van der Waals surface area contributed by atoms with E-state index in [-0.39, 0.29) is 11.4 Å².